The molecular formula is C23H26ClF3N6OS. The van der Waals surface area contributed by atoms with Crippen molar-refractivity contribution >= 4 is 40.6 Å². The van der Waals surface area contributed by atoms with Crippen LogP contribution in [0.2, 0.25) is 0 Å². The standard InChI is InChI=1S/C23H25F3N6OS.ClH/c1-13-14(2)20(30-29-17(13)15-7-5-4-6-8-15)32-11-9-16(10-12-32)31(3)21(33)18-19(23(24,25)26)28-22(27)34-18;/h4-8,16H,9-12H2,1-3H3,(H2,27,28);1H. The van der Waals surface area contributed by atoms with Crippen molar-refractivity contribution in [2.24, 2.45) is 0 Å². The van der Waals surface area contributed by atoms with Gasteiger partial charge in [0, 0.05) is 31.7 Å². The number of hydrogen-bond acceptors (Lipinski definition) is 7. The molecule has 2 aromatic heterocycles. The number of nitrogen functional groups attached to an aromatic ring is 1. The molecule has 0 atom stereocenters. The van der Waals surface area contributed by atoms with Crippen LogP contribution in [-0.4, -0.2) is 52.2 Å². The molecule has 2 N–H and O–H groups in total. The fourth-order valence-corrected chi connectivity index (χ4v) is 5.06. The predicted molar refractivity (Wildman–Crippen MR) is 133 cm³/mol. The molecule has 1 aliphatic heterocycles. The zero-order valence-electron chi connectivity index (χ0n) is 19.5. The molecule has 3 aromatic rings. The van der Waals surface area contributed by atoms with E-state index in [-0.39, 0.29) is 23.6 Å². The molecule has 1 saturated heterocycles. The number of thiazole rings is 1. The largest absolute Gasteiger partial charge is 0.435 e. The number of nitrogens with two attached hydrogens (primary N) is 1. The molecule has 1 aliphatic rings. The van der Waals surface area contributed by atoms with Gasteiger partial charge in [-0.1, -0.05) is 41.7 Å². The Balaban J connectivity index is 0.00000342. The van der Waals surface area contributed by atoms with Crippen molar-refractivity contribution in [3.05, 3.63) is 52.0 Å². The van der Waals surface area contributed by atoms with Crippen LogP contribution in [-0.2, 0) is 6.18 Å². The number of nitrogens with zero attached hydrogens (tertiary/aromatic N) is 5. The Kier molecular flexibility index (Phi) is 7.90. The molecule has 0 bridgehead atoms. The first-order chi connectivity index (χ1) is 16.1. The second-order valence-corrected chi connectivity index (χ2v) is 9.38. The van der Waals surface area contributed by atoms with Gasteiger partial charge in [-0.25, -0.2) is 4.98 Å². The summed E-state index contributed by atoms with van der Waals surface area (Å²) in [7, 11) is 1.53. The van der Waals surface area contributed by atoms with Gasteiger partial charge in [-0.3, -0.25) is 4.79 Å². The lowest BCUT2D eigenvalue weighted by atomic mass is 10.0. The zero-order valence-corrected chi connectivity index (χ0v) is 21.1. The van der Waals surface area contributed by atoms with Gasteiger partial charge in [0.05, 0.1) is 5.69 Å². The third kappa shape index (κ3) is 5.35. The van der Waals surface area contributed by atoms with E-state index in [0.29, 0.717) is 37.3 Å². The molecular weight excluding hydrogens is 501 g/mol. The number of anilines is 2. The molecule has 0 saturated carbocycles. The molecule has 0 spiro atoms. The molecule has 4 rings (SSSR count). The summed E-state index contributed by atoms with van der Waals surface area (Å²) in [6.07, 6.45) is -3.54. The molecule has 0 unspecified atom stereocenters. The van der Waals surface area contributed by atoms with Gasteiger partial charge in [-0.15, -0.1) is 22.6 Å². The van der Waals surface area contributed by atoms with Crippen LogP contribution in [0.4, 0.5) is 24.1 Å². The SMILES string of the molecule is Cc1c(-c2ccccc2)nnc(N2CCC(N(C)C(=O)c3sc(N)nc3C(F)(F)F)CC2)c1C.Cl. The molecule has 12 heteroatoms. The minimum Gasteiger partial charge on any atom is -0.375 e. The molecule has 1 amide bonds. The number of piperidine rings is 1. The smallest absolute Gasteiger partial charge is 0.375 e. The van der Waals surface area contributed by atoms with Crippen molar-refractivity contribution in [1.82, 2.24) is 20.1 Å². The third-order valence-corrected chi connectivity index (χ3v) is 7.16. The van der Waals surface area contributed by atoms with Gasteiger partial charge in [-0.2, -0.15) is 13.2 Å². The van der Waals surface area contributed by atoms with E-state index in [9.17, 15) is 18.0 Å². The summed E-state index contributed by atoms with van der Waals surface area (Å²) in [6.45, 7) is 5.26. The number of benzene rings is 1. The van der Waals surface area contributed by atoms with Gasteiger partial charge in [0.15, 0.2) is 16.6 Å². The third-order valence-electron chi connectivity index (χ3n) is 6.28. The summed E-state index contributed by atoms with van der Waals surface area (Å²) in [4.78, 5) is 19.2. The highest BCUT2D eigenvalue weighted by molar-refractivity contribution is 7.17. The maximum atomic E-state index is 13.3. The first-order valence-electron chi connectivity index (χ1n) is 10.8. The van der Waals surface area contributed by atoms with Crippen molar-refractivity contribution in [1.29, 1.82) is 0 Å². The van der Waals surface area contributed by atoms with E-state index in [1.165, 1.54) is 11.9 Å². The highest BCUT2D eigenvalue weighted by Crippen LogP contribution is 2.36. The van der Waals surface area contributed by atoms with Crippen molar-refractivity contribution in [3.63, 3.8) is 0 Å². The first kappa shape index (κ1) is 26.7. The molecule has 0 aliphatic carbocycles. The number of rotatable bonds is 4. The maximum Gasteiger partial charge on any atom is 0.435 e. The zero-order chi connectivity index (χ0) is 24.6. The fraction of sp³-hybridized carbons (Fsp3) is 0.391. The second kappa shape index (κ2) is 10.4. The highest BCUT2D eigenvalue weighted by atomic mass is 35.5. The van der Waals surface area contributed by atoms with E-state index >= 15 is 0 Å². The summed E-state index contributed by atoms with van der Waals surface area (Å²) in [5.41, 5.74) is 8.17. The Morgan fingerprint density at radius 2 is 1.74 bits per heavy atom. The van der Waals surface area contributed by atoms with Gasteiger partial charge in [-0.05, 0) is 37.8 Å². The molecule has 1 aromatic carbocycles. The van der Waals surface area contributed by atoms with Crippen molar-refractivity contribution in [3.8, 4) is 11.3 Å². The number of aromatic nitrogens is 3. The Morgan fingerprint density at radius 1 is 1.11 bits per heavy atom. The Labute approximate surface area is 211 Å². The van der Waals surface area contributed by atoms with Crippen LogP contribution >= 0.6 is 23.7 Å². The summed E-state index contributed by atoms with van der Waals surface area (Å²) >= 11 is 0.569. The Morgan fingerprint density at radius 3 is 2.34 bits per heavy atom. The maximum absolute atomic E-state index is 13.3. The topological polar surface area (TPSA) is 88.2 Å². The average Bonchev–Trinajstić information content (AvgIpc) is 3.23. The number of carbonyl (C=O) groups excluding carboxylic acids is 1. The van der Waals surface area contributed by atoms with Crippen molar-refractivity contribution in [2.75, 3.05) is 30.8 Å². The Bertz CT molecular complexity index is 1200. The van der Waals surface area contributed by atoms with Crippen molar-refractivity contribution < 1.29 is 18.0 Å². The lowest BCUT2D eigenvalue weighted by Gasteiger charge is -2.37. The fourth-order valence-electron chi connectivity index (χ4n) is 4.23. The monoisotopic (exact) mass is 526 g/mol. The van der Waals surface area contributed by atoms with E-state index in [4.69, 9.17) is 5.73 Å². The number of carbonyl (C=O) groups is 1. The van der Waals surface area contributed by atoms with E-state index < -0.39 is 22.7 Å². The van der Waals surface area contributed by atoms with Gasteiger partial charge in [0.2, 0.25) is 0 Å². The van der Waals surface area contributed by atoms with Gasteiger partial charge >= 0.3 is 6.18 Å². The van der Waals surface area contributed by atoms with Crippen LogP contribution in [0.25, 0.3) is 11.3 Å². The molecule has 7 nitrogen and oxygen atoms in total. The summed E-state index contributed by atoms with van der Waals surface area (Å²) in [6, 6.07) is 9.66. The normalized spacial score (nSPS) is 14.5. The lowest BCUT2D eigenvalue weighted by Crippen LogP contribution is -2.46. The predicted octanol–water partition coefficient (Wildman–Crippen LogP) is 4.98. The summed E-state index contributed by atoms with van der Waals surface area (Å²) in [5.74, 6) is 0.0817. The van der Waals surface area contributed by atoms with E-state index in [0.717, 1.165) is 28.2 Å². The number of amides is 1. The van der Waals surface area contributed by atoms with Crippen LogP contribution in [0.1, 0.15) is 39.3 Å². The van der Waals surface area contributed by atoms with Gasteiger partial charge < -0.3 is 15.5 Å². The molecule has 35 heavy (non-hydrogen) atoms. The van der Waals surface area contributed by atoms with E-state index in [2.05, 4.69) is 20.1 Å². The average molecular weight is 527 g/mol. The number of hydrogen-bond donors (Lipinski definition) is 1. The van der Waals surface area contributed by atoms with Crippen LogP contribution in [0.5, 0.6) is 0 Å². The second-order valence-electron chi connectivity index (χ2n) is 8.35. The first-order valence-corrected chi connectivity index (χ1v) is 11.6. The van der Waals surface area contributed by atoms with E-state index in [1.807, 2.05) is 44.2 Å². The van der Waals surface area contributed by atoms with Crippen LogP contribution in [0.3, 0.4) is 0 Å². The van der Waals surface area contributed by atoms with Crippen LogP contribution < -0.4 is 10.6 Å². The van der Waals surface area contributed by atoms with Gasteiger partial charge in [0.1, 0.15) is 4.88 Å². The van der Waals surface area contributed by atoms with Gasteiger partial charge in [0.25, 0.3) is 5.91 Å². The summed E-state index contributed by atoms with van der Waals surface area (Å²) < 4.78 is 39.8. The molecule has 1 fully saturated rings. The van der Waals surface area contributed by atoms with Crippen LogP contribution in [0.15, 0.2) is 30.3 Å². The van der Waals surface area contributed by atoms with E-state index in [1.54, 1.807) is 0 Å². The minimum absolute atomic E-state index is 0. The highest BCUT2D eigenvalue weighted by Gasteiger charge is 2.41. The minimum atomic E-state index is -4.73. The number of halogens is 4. The van der Waals surface area contributed by atoms with Crippen molar-refractivity contribution in [2.45, 2.75) is 38.9 Å². The molecule has 0 radical (unpaired) electrons. The summed E-state index contributed by atoms with van der Waals surface area (Å²) in [5, 5.41) is 8.67. The molecule has 3 heterocycles. The Hall–Kier alpha value is -2.92. The number of alkyl halides is 3. The quantitative estimate of drug-likeness (QED) is 0.516. The van der Waals surface area contributed by atoms with Crippen LogP contribution in [0, 0.1) is 13.8 Å². The molecule has 188 valence electrons. The lowest BCUT2D eigenvalue weighted by molar-refractivity contribution is -0.141.